The average molecular weight is 220 g/mol. The highest BCUT2D eigenvalue weighted by Gasteiger charge is 1.95. The van der Waals surface area contributed by atoms with E-state index >= 15 is 0 Å². The summed E-state index contributed by atoms with van der Waals surface area (Å²) in [6, 6.07) is 8.73. The molecule has 0 spiro atoms. The second kappa shape index (κ2) is 7.29. The first-order valence-corrected chi connectivity index (χ1v) is 6.21. The van der Waals surface area contributed by atoms with E-state index in [-0.39, 0.29) is 0 Å². The maximum atomic E-state index is 3.47. The molecule has 0 unspecified atom stereocenters. The number of unbranched alkanes of at least 4 members (excludes halogenated alkanes) is 2. The van der Waals surface area contributed by atoms with Crippen LogP contribution in [0.5, 0.6) is 0 Å². The lowest BCUT2D eigenvalue weighted by atomic mass is 10.2. The Balaban J connectivity index is 2.27. The molecule has 1 aromatic rings. The van der Waals surface area contributed by atoms with Gasteiger partial charge in [0.1, 0.15) is 0 Å². The van der Waals surface area contributed by atoms with Crippen molar-refractivity contribution in [3.63, 3.8) is 0 Å². The van der Waals surface area contributed by atoms with Gasteiger partial charge in [0.05, 0.1) is 0 Å². The number of nitrogens with zero attached hydrogens (tertiary/aromatic N) is 1. The van der Waals surface area contributed by atoms with E-state index in [1.165, 1.54) is 30.5 Å². The molecular formula is C14H24N2. The molecule has 0 radical (unpaired) electrons. The lowest BCUT2D eigenvalue weighted by molar-refractivity contribution is 0.617. The van der Waals surface area contributed by atoms with Crippen molar-refractivity contribution in [3.05, 3.63) is 29.8 Å². The van der Waals surface area contributed by atoms with Gasteiger partial charge in [0, 0.05) is 26.3 Å². The molecule has 0 atom stereocenters. The van der Waals surface area contributed by atoms with E-state index in [1.807, 2.05) is 0 Å². The van der Waals surface area contributed by atoms with Crippen molar-refractivity contribution < 1.29 is 0 Å². The van der Waals surface area contributed by atoms with E-state index < -0.39 is 0 Å². The quantitative estimate of drug-likeness (QED) is 0.711. The molecule has 1 N–H and O–H groups in total. The highest BCUT2D eigenvalue weighted by molar-refractivity contribution is 5.45. The van der Waals surface area contributed by atoms with Crippen molar-refractivity contribution in [2.24, 2.45) is 0 Å². The number of benzene rings is 1. The van der Waals surface area contributed by atoms with Crippen LogP contribution in [0, 0.1) is 0 Å². The Hall–Kier alpha value is -1.02. The van der Waals surface area contributed by atoms with Crippen LogP contribution in [-0.4, -0.2) is 20.6 Å². The van der Waals surface area contributed by atoms with Crippen LogP contribution < -0.4 is 10.2 Å². The number of hydrogen-bond acceptors (Lipinski definition) is 2. The summed E-state index contributed by atoms with van der Waals surface area (Å²) in [6.45, 7) is 4.35. The summed E-state index contributed by atoms with van der Waals surface area (Å²) >= 11 is 0. The fourth-order valence-electron chi connectivity index (χ4n) is 1.64. The van der Waals surface area contributed by atoms with Gasteiger partial charge in [-0.2, -0.15) is 0 Å². The summed E-state index contributed by atoms with van der Waals surface area (Å²) in [6.07, 6.45) is 3.90. The van der Waals surface area contributed by atoms with Gasteiger partial charge in [-0.3, -0.25) is 0 Å². The van der Waals surface area contributed by atoms with Gasteiger partial charge in [-0.1, -0.05) is 31.9 Å². The number of anilines is 1. The number of rotatable bonds is 7. The molecule has 0 aliphatic heterocycles. The van der Waals surface area contributed by atoms with Gasteiger partial charge >= 0.3 is 0 Å². The molecule has 1 rings (SSSR count). The molecule has 0 saturated heterocycles. The van der Waals surface area contributed by atoms with Gasteiger partial charge in [0.25, 0.3) is 0 Å². The van der Waals surface area contributed by atoms with Gasteiger partial charge in [-0.05, 0) is 30.7 Å². The second-order valence-electron chi connectivity index (χ2n) is 4.44. The first kappa shape index (κ1) is 13.0. The van der Waals surface area contributed by atoms with Gasteiger partial charge in [-0.15, -0.1) is 0 Å². The van der Waals surface area contributed by atoms with Crippen LogP contribution in [0.1, 0.15) is 31.7 Å². The Labute approximate surface area is 99.7 Å². The SMILES string of the molecule is CCCCCNCc1ccc(N(C)C)cc1. The zero-order valence-corrected chi connectivity index (χ0v) is 10.8. The summed E-state index contributed by atoms with van der Waals surface area (Å²) in [5, 5.41) is 3.47. The van der Waals surface area contributed by atoms with Crippen molar-refractivity contribution in [1.29, 1.82) is 0 Å². The van der Waals surface area contributed by atoms with E-state index in [2.05, 4.69) is 55.5 Å². The third-order valence-corrected chi connectivity index (χ3v) is 2.74. The third kappa shape index (κ3) is 4.67. The second-order valence-corrected chi connectivity index (χ2v) is 4.44. The molecule has 0 saturated carbocycles. The molecule has 2 heteroatoms. The molecule has 90 valence electrons. The Morgan fingerprint density at radius 1 is 1.06 bits per heavy atom. The van der Waals surface area contributed by atoms with E-state index in [0.29, 0.717) is 0 Å². The molecule has 0 bridgehead atoms. The Morgan fingerprint density at radius 2 is 1.75 bits per heavy atom. The lowest BCUT2D eigenvalue weighted by Crippen LogP contribution is -2.14. The minimum absolute atomic E-state index is 0.984. The Bertz CT molecular complexity index is 277. The smallest absolute Gasteiger partial charge is 0.0361 e. The monoisotopic (exact) mass is 220 g/mol. The maximum Gasteiger partial charge on any atom is 0.0361 e. The van der Waals surface area contributed by atoms with Gasteiger partial charge < -0.3 is 10.2 Å². The van der Waals surface area contributed by atoms with Crippen molar-refractivity contribution in [3.8, 4) is 0 Å². The fraction of sp³-hybridized carbons (Fsp3) is 0.571. The topological polar surface area (TPSA) is 15.3 Å². The molecule has 0 aliphatic rings. The number of nitrogens with one attached hydrogen (secondary N) is 1. The van der Waals surface area contributed by atoms with Crippen LogP contribution in [0.4, 0.5) is 5.69 Å². The Kier molecular flexibility index (Phi) is 5.94. The molecular weight excluding hydrogens is 196 g/mol. The molecule has 0 amide bonds. The van der Waals surface area contributed by atoms with Crippen LogP contribution in [0.3, 0.4) is 0 Å². The van der Waals surface area contributed by atoms with Crippen LogP contribution in [0.15, 0.2) is 24.3 Å². The van der Waals surface area contributed by atoms with Gasteiger partial charge in [0.15, 0.2) is 0 Å². The van der Waals surface area contributed by atoms with Crippen LogP contribution in [0.25, 0.3) is 0 Å². The van der Waals surface area contributed by atoms with Gasteiger partial charge in [-0.25, -0.2) is 0 Å². The maximum absolute atomic E-state index is 3.47. The van der Waals surface area contributed by atoms with E-state index in [0.717, 1.165) is 13.1 Å². The summed E-state index contributed by atoms with van der Waals surface area (Å²) in [5.74, 6) is 0. The van der Waals surface area contributed by atoms with E-state index in [9.17, 15) is 0 Å². The lowest BCUT2D eigenvalue weighted by Gasteiger charge is -2.12. The minimum Gasteiger partial charge on any atom is -0.378 e. The molecule has 16 heavy (non-hydrogen) atoms. The van der Waals surface area contributed by atoms with E-state index in [4.69, 9.17) is 0 Å². The normalized spacial score (nSPS) is 10.4. The van der Waals surface area contributed by atoms with Crippen LogP contribution in [0.2, 0.25) is 0 Å². The fourth-order valence-corrected chi connectivity index (χ4v) is 1.64. The first-order chi connectivity index (χ1) is 7.74. The zero-order valence-electron chi connectivity index (χ0n) is 10.8. The van der Waals surface area contributed by atoms with Crippen molar-refractivity contribution in [1.82, 2.24) is 5.32 Å². The third-order valence-electron chi connectivity index (χ3n) is 2.74. The minimum atomic E-state index is 0.984. The van der Waals surface area contributed by atoms with Crippen molar-refractivity contribution in [2.75, 3.05) is 25.5 Å². The predicted molar refractivity (Wildman–Crippen MR) is 72.0 cm³/mol. The van der Waals surface area contributed by atoms with Crippen LogP contribution >= 0.6 is 0 Å². The molecule has 0 aromatic heterocycles. The van der Waals surface area contributed by atoms with Crippen molar-refractivity contribution in [2.45, 2.75) is 32.7 Å². The molecule has 0 heterocycles. The van der Waals surface area contributed by atoms with Gasteiger partial charge in [0.2, 0.25) is 0 Å². The summed E-state index contributed by atoms with van der Waals surface area (Å²) in [5.41, 5.74) is 2.62. The number of hydrogen-bond donors (Lipinski definition) is 1. The first-order valence-electron chi connectivity index (χ1n) is 6.21. The Morgan fingerprint density at radius 3 is 2.31 bits per heavy atom. The molecule has 0 fully saturated rings. The van der Waals surface area contributed by atoms with Crippen LogP contribution in [-0.2, 0) is 6.54 Å². The zero-order chi connectivity index (χ0) is 11.8. The summed E-state index contributed by atoms with van der Waals surface area (Å²) in [7, 11) is 4.13. The standard InChI is InChI=1S/C14H24N2/c1-4-5-6-11-15-12-13-7-9-14(10-8-13)16(2)3/h7-10,15H,4-6,11-12H2,1-3H3. The molecule has 0 aliphatic carbocycles. The highest BCUT2D eigenvalue weighted by atomic mass is 15.1. The average Bonchev–Trinajstić information content (AvgIpc) is 2.29. The van der Waals surface area contributed by atoms with Crippen molar-refractivity contribution >= 4 is 5.69 Å². The molecule has 1 aromatic carbocycles. The largest absolute Gasteiger partial charge is 0.378 e. The highest BCUT2D eigenvalue weighted by Crippen LogP contribution is 2.11. The van der Waals surface area contributed by atoms with E-state index in [1.54, 1.807) is 0 Å². The molecule has 2 nitrogen and oxygen atoms in total. The summed E-state index contributed by atoms with van der Waals surface area (Å²) in [4.78, 5) is 2.12. The predicted octanol–water partition coefficient (Wildman–Crippen LogP) is 3.03. The summed E-state index contributed by atoms with van der Waals surface area (Å²) < 4.78 is 0.